The number of hydrogen-bond acceptors (Lipinski definition) is 7. The zero-order valence-corrected chi connectivity index (χ0v) is 11.1. The van der Waals surface area contributed by atoms with Gasteiger partial charge in [-0.2, -0.15) is 9.36 Å². The minimum atomic E-state index is 0.253. The number of ether oxygens (including phenoxy) is 3. The van der Waals surface area contributed by atoms with E-state index < -0.39 is 0 Å². The number of rotatable bonds is 4. The maximum Gasteiger partial charge on any atom is 0.232 e. The highest BCUT2D eigenvalue weighted by molar-refractivity contribution is 7.09. The molecule has 96 valence electrons. The molecule has 0 aliphatic heterocycles. The summed E-state index contributed by atoms with van der Waals surface area (Å²) in [5, 5.41) is 0.701. The predicted octanol–water partition coefficient (Wildman–Crippen LogP) is 1.81. The van der Waals surface area contributed by atoms with Crippen LogP contribution in [0.1, 0.15) is 0 Å². The molecule has 0 spiro atoms. The van der Waals surface area contributed by atoms with Gasteiger partial charge in [-0.1, -0.05) is 0 Å². The van der Waals surface area contributed by atoms with Gasteiger partial charge in [0, 0.05) is 5.56 Å². The Kier molecular flexibility index (Phi) is 3.52. The molecule has 2 aromatic rings. The van der Waals surface area contributed by atoms with E-state index in [-0.39, 0.29) is 5.95 Å². The van der Waals surface area contributed by atoms with E-state index in [0.29, 0.717) is 22.3 Å². The number of nitrogens with zero attached hydrogens (tertiary/aromatic N) is 2. The van der Waals surface area contributed by atoms with Crippen molar-refractivity contribution < 1.29 is 14.2 Å². The van der Waals surface area contributed by atoms with Crippen LogP contribution in [0, 0.1) is 0 Å². The van der Waals surface area contributed by atoms with Gasteiger partial charge in [0.25, 0.3) is 0 Å². The third-order valence-corrected chi connectivity index (χ3v) is 3.13. The molecule has 0 unspecified atom stereocenters. The van der Waals surface area contributed by atoms with E-state index in [1.165, 1.54) is 11.5 Å². The fourth-order valence-electron chi connectivity index (χ4n) is 1.56. The zero-order chi connectivity index (χ0) is 13.1. The number of anilines is 1. The van der Waals surface area contributed by atoms with E-state index in [1.54, 1.807) is 33.5 Å². The van der Waals surface area contributed by atoms with E-state index in [1.807, 2.05) is 0 Å². The topological polar surface area (TPSA) is 79.5 Å². The number of benzene rings is 1. The maximum absolute atomic E-state index is 5.51. The number of hydrogen-bond donors (Lipinski definition) is 1. The Balaban J connectivity index is 2.56. The number of nitrogens with two attached hydrogens (primary N) is 1. The van der Waals surface area contributed by atoms with E-state index in [2.05, 4.69) is 9.36 Å². The summed E-state index contributed by atoms with van der Waals surface area (Å²) in [6.07, 6.45) is 0. The summed E-state index contributed by atoms with van der Waals surface area (Å²) in [5.74, 6) is 1.94. The fourth-order valence-corrected chi connectivity index (χ4v) is 2.14. The first-order valence-corrected chi connectivity index (χ1v) is 5.86. The third kappa shape index (κ3) is 2.17. The van der Waals surface area contributed by atoms with Crippen LogP contribution in [0.4, 0.5) is 5.95 Å². The van der Waals surface area contributed by atoms with Crippen LogP contribution in [-0.4, -0.2) is 30.7 Å². The summed E-state index contributed by atoms with van der Waals surface area (Å²) in [5.41, 5.74) is 6.33. The van der Waals surface area contributed by atoms with Crippen LogP contribution < -0.4 is 19.9 Å². The van der Waals surface area contributed by atoms with Gasteiger partial charge in [0.2, 0.25) is 11.7 Å². The highest BCUT2D eigenvalue weighted by atomic mass is 32.1. The summed E-state index contributed by atoms with van der Waals surface area (Å²) in [6, 6.07) is 3.61. The minimum Gasteiger partial charge on any atom is -0.493 e. The quantitative estimate of drug-likeness (QED) is 0.910. The highest BCUT2D eigenvalue weighted by Gasteiger charge is 2.15. The summed E-state index contributed by atoms with van der Waals surface area (Å²) in [7, 11) is 4.69. The minimum absolute atomic E-state index is 0.253. The van der Waals surface area contributed by atoms with Gasteiger partial charge in [-0.3, -0.25) is 0 Å². The molecule has 6 nitrogen and oxygen atoms in total. The molecular weight excluding hydrogens is 254 g/mol. The molecule has 2 N–H and O–H groups in total. The summed E-state index contributed by atoms with van der Waals surface area (Å²) in [4.78, 5) is 4.12. The first-order chi connectivity index (χ1) is 8.69. The molecule has 0 aliphatic carbocycles. The van der Waals surface area contributed by atoms with Gasteiger partial charge >= 0.3 is 0 Å². The molecule has 1 aromatic carbocycles. The second-order valence-electron chi connectivity index (χ2n) is 3.37. The second-order valence-corrected chi connectivity index (χ2v) is 4.12. The molecule has 1 heterocycles. The number of methoxy groups -OCH3 is 3. The Hall–Kier alpha value is -2.02. The Morgan fingerprint density at radius 1 is 1.06 bits per heavy atom. The average Bonchev–Trinajstić information content (AvgIpc) is 2.83. The highest BCUT2D eigenvalue weighted by Crippen LogP contribution is 2.41. The Morgan fingerprint density at radius 2 is 1.67 bits per heavy atom. The van der Waals surface area contributed by atoms with Crippen LogP contribution >= 0.6 is 11.5 Å². The predicted molar refractivity (Wildman–Crippen MR) is 69.4 cm³/mol. The first-order valence-electron chi connectivity index (χ1n) is 5.09. The van der Waals surface area contributed by atoms with Crippen LogP contribution in [0.15, 0.2) is 12.1 Å². The van der Waals surface area contributed by atoms with Gasteiger partial charge in [0.15, 0.2) is 11.5 Å². The lowest BCUT2D eigenvalue weighted by atomic mass is 10.2. The van der Waals surface area contributed by atoms with E-state index in [4.69, 9.17) is 19.9 Å². The molecule has 7 heteroatoms. The first kappa shape index (κ1) is 12.4. The van der Waals surface area contributed by atoms with Crippen LogP contribution in [0.3, 0.4) is 0 Å². The summed E-state index contributed by atoms with van der Waals surface area (Å²) in [6.45, 7) is 0. The van der Waals surface area contributed by atoms with Gasteiger partial charge in [0.1, 0.15) is 5.01 Å². The van der Waals surface area contributed by atoms with Crippen molar-refractivity contribution >= 4 is 17.5 Å². The Labute approximate surface area is 108 Å². The molecule has 0 saturated carbocycles. The largest absolute Gasteiger partial charge is 0.493 e. The van der Waals surface area contributed by atoms with Crippen LogP contribution in [0.5, 0.6) is 17.2 Å². The molecule has 18 heavy (non-hydrogen) atoms. The van der Waals surface area contributed by atoms with Crippen LogP contribution in [-0.2, 0) is 0 Å². The number of nitrogen functional groups attached to an aromatic ring is 1. The fraction of sp³-hybridized carbons (Fsp3) is 0.273. The smallest absolute Gasteiger partial charge is 0.232 e. The molecule has 0 amide bonds. The van der Waals surface area contributed by atoms with Gasteiger partial charge in [-0.15, -0.1) is 0 Å². The van der Waals surface area contributed by atoms with E-state index >= 15 is 0 Å². The molecule has 2 rings (SSSR count). The SMILES string of the molecule is COc1cc(-c2nc(N)ns2)cc(OC)c1OC. The third-order valence-electron chi connectivity index (χ3n) is 2.35. The molecule has 0 fully saturated rings. The van der Waals surface area contributed by atoms with Crippen molar-refractivity contribution in [2.24, 2.45) is 0 Å². The van der Waals surface area contributed by atoms with E-state index in [9.17, 15) is 0 Å². The van der Waals surface area contributed by atoms with Crippen LogP contribution in [0.2, 0.25) is 0 Å². The lowest BCUT2D eigenvalue weighted by Crippen LogP contribution is -1.95. The lowest BCUT2D eigenvalue weighted by Gasteiger charge is -2.12. The standard InChI is InChI=1S/C11H13N3O3S/c1-15-7-4-6(10-13-11(12)14-18-10)5-8(16-2)9(7)17-3/h4-5H,1-3H3,(H2,12,14). The number of aromatic nitrogens is 2. The van der Waals surface area contributed by atoms with Crippen molar-refractivity contribution in [3.05, 3.63) is 12.1 Å². The van der Waals surface area contributed by atoms with E-state index in [0.717, 1.165) is 5.56 Å². The van der Waals surface area contributed by atoms with Crippen molar-refractivity contribution in [1.29, 1.82) is 0 Å². The van der Waals surface area contributed by atoms with Crippen molar-refractivity contribution in [3.8, 4) is 27.8 Å². The molecule has 0 atom stereocenters. The average molecular weight is 267 g/mol. The Morgan fingerprint density at radius 3 is 2.06 bits per heavy atom. The normalized spacial score (nSPS) is 10.2. The summed E-state index contributed by atoms with van der Waals surface area (Å²) < 4.78 is 19.7. The molecule has 0 radical (unpaired) electrons. The maximum atomic E-state index is 5.51. The van der Waals surface area contributed by atoms with Crippen LogP contribution in [0.25, 0.3) is 10.6 Å². The molecule has 0 bridgehead atoms. The van der Waals surface area contributed by atoms with Crippen molar-refractivity contribution in [2.45, 2.75) is 0 Å². The molecule has 0 saturated heterocycles. The summed E-state index contributed by atoms with van der Waals surface area (Å²) >= 11 is 1.22. The molecule has 1 aromatic heterocycles. The van der Waals surface area contributed by atoms with Crippen molar-refractivity contribution in [1.82, 2.24) is 9.36 Å². The molecule has 0 aliphatic rings. The Bertz CT molecular complexity index is 531. The monoisotopic (exact) mass is 267 g/mol. The van der Waals surface area contributed by atoms with Gasteiger partial charge < -0.3 is 19.9 Å². The van der Waals surface area contributed by atoms with Crippen molar-refractivity contribution in [3.63, 3.8) is 0 Å². The second kappa shape index (κ2) is 5.09. The van der Waals surface area contributed by atoms with Gasteiger partial charge in [-0.25, -0.2) is 0 Å². The van der Waals surface area contributed by atoms with Crippen molar-refractivity contribution in [2.75, 3.05) is 27.1 Å². The zero-order valence-electron chi connectivity index (χ0n) is 10.3. The van der Waals surface area contributed by atoms with Gasteiger partial charge in [0.05, 0.1) is 21.3 Å². The lowest BCUT2D eigenvalue weighted by molar-refractivity contribution is 0.324. The molecular formula is C11H13N3O3S. The van der Waals surface area contributed by atoms with Gasteiger partial charge in [-0.05, 0) is 23.7 Å².